The number of hydrogen-bond donors (Lipinski definition) is 1. The molecule has 0 aromatic rings. The van der Waals surface area contributed by atoms with Crippen molar-refractivity contribution in [2.45, 2.75) is 26.3 Å². The van der Waals surface area contributed by atoms with Gasteiger partial charge in [-0.25, -0.2) is 4.79 Å². The average Bonchev–Trinajstić information content (AvgIpc) is 2.71. The number of nitrogens with one attached hydrogen (secondary N) is 1. The molecule has 0 spiro atoms. The van der Waals surface area contributed by atoms with E-state index in [4.69, 9.17) is 0 Å². The predicted octanol–water partition coefficient (Wildman–Crippen LogP) is 0.742. The Bertz CT molecular complexity index is 186. The van der Waals surface area contributed by atoms with Crippen LogP contribution < -0.4 is 5.32 Å². The zero-order valence-electron chi connectivity index (χ0n) is 9.42. The molecule has 0 saturated carbocycles. The first-order valence-corrected chi connectivity index (χ1v) is 5.43. The summed E-state index contributed by atoms with van der Waals surface area (Å²) in [6.07, 6.45) is 1.07. The van der Waals surface area contributed by atoms with Gasteiger partial charge in [0, 0.05) is 32.7 Å². The Hall–Kier alpha value is -0.770. The lowest BCUT2D eigenvalue weighted by atomic mass is 10.2. The van der Waals surface area contributed by atoms with Crippen molar-refractivity contribution in [2.75, 3.05) is 33.2 Å². The normalized spacial score (nSPS) is 20.9. The van der Waals surface area contributed by atoms with Crippen LogP contribution in [0.2, 0.25) is 0 Å². The van der Waals surface area contributed by atoms with Crippen LogP contribution in [0.5, 0.6) is 0 Å². The van der Waals surface area contributed by atoms with Gasteiger partial charge in [0.1, 0.15) is 0 Å². The minimum atomic E-state index is 0.156. The summed E-state index contributed by atoms with van der Waals surface area (Å²) in [5.41, 5.74) is 0. The molecule has 0 aromatic heterocycles. The zero-order valence-corrected chi connectivity index (χ0v) is 9.42. The van der Waals surface area contributed by atoms with Crippen LogP contribution in [0.15, 0.2) is 0 Å². The summed E-state index contributed by atoms with van der Waals surface area (Å²) in [7, 11) is 1.90. The minimum Gasteiger partial charge on any atom is -0.325 e. The second-order valence-corrected chi connectivity index (χ2v) is 3.71. The molecule has 1 atom stereocenters. The van der Waals surface area contributed by atoms with Gasteiger partial charge in [-0.15, -0.1) is 0 Å². The second-order valence-electron chi connectivity index (χ2n) is 3.71. The van der Waals surface area contributed by atoms with Crippen molar-refractivity contribution in [3.05, 3.63) is 0 Å². The lowest BCUT2D eigenvalue weighted by Gasteiger charge is -2.30. The summed E-state index contributed by atoms with van der Waals surface area (Å²) in [5, 5.41) is 3.27. The number of urea groups is 1. The Morgan fingerprint density at radius 2 is 2.07 bits per heavy atom. The average molecular weight is 199 g/mol. The Labute approximate surface area is 86.2 Å². The molecule has 1 saturated heterocycles. The molecule has 14 heavy (non-hydrogen) atoms. The highest BCUT2D eigenvalue weighted by Gasteiger charge is 2.25. The topological polar surface area (TPSA) is 35.6 Å². The molecule has 0 unspecified atom stereocenters. The van der Waals surface area contributed by atoms with E-state index in [0.29, 0.717) is 6.04 Å². The fourth-order valence-corrected chi connectivity index (χ4v) is 1.84. The third-order valence-corrected chi connectivity index (χ3v) is 2.92. The number of nitrogens with zero attached hydrogens (tertiary/aromatic N) is 2. The highest BCUT2D eigenvalue weighted by atomic mass is 16.2. The second kappa shape index (κ2) is 5.20. The van der Waals surface area contributed by atoms with Crippen molar-refractivity contribution in [1.29, 1.82) is 0 Å². The molecule has 1 N–H and O–H groups in total. The van der Waals surface area contributed by atoms with E-state index < -0.39 is 0 Å². The van der Waals surface area contributed by atoms with E-state index in [1.54, 1.807) is 0 Å². The maximum absolute atomic E-state index is 11.9. The SMILES string of the molecule is CCN(CC)C(=O)N(C)[C@@H]1CCNC1. The van der Waals surface area contributed by atoms with E-state index >= 15 is 0 Å². The van der Waals surface area contributed by atoms with E-state index in [2.05, 4.69) is 5.32 Å². The van der Waals surface area contributed by atoms with E-state index in [1.165, 1.54) is 0 Å². The van der Waals surface area contributed by atoms with Crippen LogP contribution in [0, 0.1) is 0 Å². The molecule has 82 valence electrons. The highest BCUT2D eigenvalue weighted by molar-refractivity contribution is 5.74. The fraction of sp³-hybridized carbons (Fsp3) is 0.900. The Morgan fingerprint density at radius 3 is 2.50 bits per heavy atom. The lowest BCUT2D eigenvalue weighted by Crippen LogP contribution is -2.46. The van der Waals surface area contributed by atoms with Crippen molar-refractivity contribution >= 4 is 6.03 Å². The van der Waals surface area contributed by atoms with E-state index in [0.717, 1.165) is 32.6 Å². The fourth-order valence-electron chi connectivity index (χ4n) is 1.84. The van der Waals surface area contributed by atoms with Crippen molar-refractivity contribution in [3.63, 3.8) is 0 Å². The van der Waals surface area contributed by atoms with Gasteiger partial charge in [0.25, 0.3) is 0 Å². The van der Waals surface area contributed by atoms with Crippen molar-refractivity contribution < 1.29 is 4.79 Å². The van der Waals surface area contributed by atoms with E-state index in [9.17, 15) is 4.79 Å². The summed E-state index contributed by atoms with van der Waals surface area (Å²) >= 11 is 0. The zero-order chi connectivity index (χ0) is 10.6. The summed E-state index contributed by atoms with van der Waals surface area (Å²) in [4.78, 5) is 15.6. The third-order valence-electron chi connectivity index (χ3n) is 2.92. The summed E-state index contributed by atoms with van der Waals surface area (Å²) < 4.78 is 0. The third kappa shape index (κ3) is 2.38. The van der Waals surface area contributed by atoms with Crippen LogP contribution in [-0.2, 0) is 0 Å². The largest absolute Gasteiger partial charge is 0.325 e. The molecule has 0 aliphatic carbocycles. The van der Waals surface area contributed by atoms with Crippen LogP contribution >= 0.6 is 0 Å². The number of rotatable bonds is 3. The number of hydrogen-bond acceptors (Lipinski definition) is 2. The molecule has 0 radical (unpaired) electrons. The quantitative estimate of drug-likeness (QED) is 0.727. The van der Waals surface area contributed by atoms with Gasteiger partial charge in [0.2, 0.25) is 0 Å². The Morgan fingerprint density at radius 1 is 1.43 bits per heavy atom. The first-order valence-electron chi connectivity index (χ1n) is 5.43. The van der Waals surface area contributed by atoms with Gasteiger partial charge in [0.05, 0.1) is 0 Å². The summed E-state index contributed by atoms with van der Waals surface area (Å²) in [6.45, 7) is 7.58. The molecule has 1 heterocycles. The van der Waals surface area contributed by atoms with Gasteiger partial charge in [-0.3, -0.25) is 0 Å². The molecule has 2 amide bonds. The summed E-state index contributed by atoms with van der Waals surface area (Å²) in [5.74, 6) is 0. The van der Waals surface area contributed by atoms with Crippen LogP contribution in [0.4, 0.5) is 4.79 Å². The minimum absolute atomic E-state index is 0.156. The lowest BCUT2D eigenvalue weighted by molar-refractivity contribution is 0.154. The molecule has 0 bridgehead atoms. The van der Waals surface area contributed by atoms with Gasteiger partial charge in [-0.05, 0) is 26.8 Å². The molecule has 4 heteroatoms. The maximum atomic E-state index is 11.9. The molecule has 0 aromatic carbocycles. The number of carbonyl (C=O) groups is 1. The number of likely N-dealkylation sites (N-methyl/N-ethyl adjacent to an activating group) is 1. The highest BCUT2D eigenvalue weighted by Crippen LogP contribution is 2.08. The first kappa shape index (κ1) is 11.3. The van der Waals surface area contributed by atoms with Gasteiger partial charge >= 0.3 is 6.03 Å². The van der Waals surface area contributed by atoms with Crippen molar-refractivity contribution in [2.24, 2.45) is 0 Å². The standard InChI is InChI=1S/C10H21N3O/c1-4-13(5-2)10(14)12(3)9-6-7-11-8-9/h9,11H,4-8H2,1-3H3/t9-/m1/s1. The maximum Gasteiger partial charge on any atom is 0.320 e. The van der Waals surface area contributed by atoms with Crippen LogP contribution in [-0.4, -0.2) is 55.1 Å². The van der Waals surface area contributed by atoms with Crippen LogP contribution in [0.1, 0.15) is 20.3 Å². The first-order chi connectivity index (χ1) is 6.70. The van der Waals surface area contributed by atoms with E-state index in [-0.39, 0.29) is 6.03 Å². The molecular formula is C10H21N3O. The van der Waals surface area contributed by atoms with Crippen LogP contribution in [0.3, 0.4) is 0 Å². The van der Waals surface area contributed by atoms with Gasteiger partial charge in [-0.1, -0.05) is 0 Å². The van der Waals surface area contributed by atoms with Gasteiger partial charge in [0.15, 0.2) is 0 Å². The molecule has 1 rings (SSSR count). The predicted molar refractivity (Wildman–Crippen MR) is 57.4 cm³/mol. The van der Waals surface area contributed by atoms with Crippen LogP contribution in [0.25, 0.3) is 0 Å². The molecule has 1 aliphatic rings. The molecule has 1 aliphatic heterocycles. The Balaban J connectivity index is 2.49. The molecule has 4 nitrogen and oxygen atoms in total. The summed E-state index contributed by atoms with van der Waals surface area (Å²) in [6, 6.07) is 0.534. The number of carbonyl (C=O) groups excluding carboxylic acids is 1. The smallest absolute Gasteiger partial charge is 0.320 e. The van der Waals surface area contributed by atoms with Gasteiger partial charge < -0.3 is 15.1 Å². The molecular weight excluding hydrogens is 178 g/mol. The van der Waals surface area contributed by atoms with Crippen molar-refractivity contribution in [3.8, 4) is 0 Å². The van der Waals surface area contributed by atoms with E-state index in [1.807, 2.05) is 30.7 Å². The Kier molecular flexibility index (Phi) is 4.20. The van der Waals surface area contributed by atoms with Crippen molar-refractivity contribution in [1.82, 2.24) is 15.1 Å². The number of amides is 2. The monoisotopic (exact) mass is 199 g/mol. The van der Waals surface area contributed by atoms with Gasteiger partial charge in [-0.2, -0.15) is 0 Å². The molecule has 1 fully saturated rings.